The Labute approximate surface area is 160 Å². The molecule has 2 aromatic heterocycles. The van der Waals surface area contributed by atoms with E-state index < -0.39 is 0 Å². The summed E-state index contributed by atoms with van der Waals surface area (Å²) in [7, 11) is 0. The van der Waals surface area contributed by atoms with Crippen LogP contribution in [0, 0.1) is 0 Å². The highest BCUT2D eigenvalue weighted by Gasteiger charge is 2.25. The molecule has 0 fully saturated rings. The summed E-state index contributed by atoms with van der Waals surface area (Å²) >= 11 is 7.88. The Bertz CT molecular complexity index is 921. The van der Waals surface area contributed by atoms with Crippen molar-refractivity contribution >= 4 is 34.8 Å². The monoisotopic (exact) mass is 387 g/mol. The third kappa shape index (κ3) is 3.67. The van der Waals surface area contributed by atoms with Crippen molar-refractivity contribution in [2.24, 2.45) is 0 Å². The molecule has 134 valence electrons. The smallest absolute Gasteiger partial charge is 0.229 e. The van der Waals surface area contributed by atoms with Crippen LogP contribution >= 0.6 is 22.9 Å². The first-order valence-electron chi connectivity index (χ1n) is 8.43. The molecule has 0 unspecified atom stereocenters. The average Bonchev–Trinajstić information content (AvgIpc) is 3.27. The number of halogens is 1. The number of carbonyl (C=O) groups excluding carboxylic acids is 1. The zero-order chi connectivity index (χ0) is 17.9. The van der Waals surface area contributed by atoms with Crippen LogP contribution in [-0.4, -0.2) is 22.1 Å². The molecule has 26 heavy (non-hydrogen) atoms. The van der Waals surface area contributed by atoms with Gasteiger partial charge in [0.2, 0.25) is 11.9 Å². The van der Waals surface area contributed by atoms with Crippen molar-refractivity contribution in [3.05, 3.63) is 69.1 Å². The van der Waals surface area contributed by atoms with Gasteiger partial charge in [-0.25, -0.2) is 4.98 Å². The first-order chi connectivity index (χ1) is 12.7. The van der Waals surface area contributed by atoms with E-state index in [2.05, 4.69) is 21.7 Å². The molecule has 7 heteroatoms. The van der Waals surface area contributed by atoms with Gasteiger partial charge in [-0.2, -0.15) is 0 Å². The van der Waals surface area contributed by atoms with Crippen molar-refractivity contribution < 1.29 is 9.53 Å². The van der Waals surface area contributed by atoms with Gasteiger partial charge in [-0.15, -0.1) is 11.3 Å². The summed E-state index contributed by atoms with van der Waals surface area (Å²) in [5.74, 6) is 0.403. The molecule has 1 aliphatic heterocycles. The maximum absolute atomic E-state index is 12.5. The number of aromatic nitrogens is 2. The molecule has 0 saturated heterocycles. The van der Waals surface area contributed by atoms with Crippen molar-refractivity contribution in [2.45, 2.75) is 25.5 Å². The molecule has 1 atom stereocenters. The van der Waals surface area contributed by atoms with E-state index in [1.54, 1.807) is 17.5 Å². The van der Waals surface area contributed by atoms with Crippen LogP contribution in [0.4, 0.5) is 5.95 Å². The molecule has 1 aromatic carbocycles. The standard InChI is InChI=1S/C19H18ClN3O2S/c20-15-4-2-1-3-14(15)12-23-8-7-21-19(23)22-17(24)11-16-18-13(5-9-25-16)6-10-26-18/h1-4,6-8,10,16H,5,9,11-12H2,(H,21,22,24)/t16-/m0/s1. The predicted molar refractivity (Wildman–Crippen MR) is 103 cm³/mol. The molecule has 0 aliphatic carbocycles. The van der Waals surface area contributed by atoms with E-state index in [9.17, 15) is 4.79 Å². The van der Waals surface area contributed by atoms with Crippen molar-refractivity contribution in [1.82, 2.24) is 9.55 Å². The number of imidazole rings is 1. The highest BCUT2D eigenvalue weighted by Crippen LogP contribution is 2.34. The predicted octanol–water partition coefficient (Wildman–Crippen LogP) is 4.29. The third-order valence-corrected chi connectivity index (χ3v) is 5.82. The molecule has 3 heterocycles. The molecule has 0 bridgehead atoms. The second kappa shape index (κ2) is 7.61. The maximum Gasteiger partial charge on any atom is 0.229 e. The largest absolute Gasteiger partial charge is 0.372 e. The van der Waals surface area contributed by atoms with Gasteiger partial charge in [-0.3, -0.25) is 10.1 Å². The maximum atomic E-state index is 12.5. The van der Waals surface area contributed by atoms with E-state index in [4.69, 9.17) is 16.3 Å². The SMILES string of the molecule is O=C(C[C@@H]1OCCc2ccsc21)Nc1nccn1Cc1ccccc1Cl. The van der Waals surface area contributed by atoms with Crippen LogP contribution in [0.2, 0.25) is 5.02 Å². The molecule has 0 spiro atoms. The lowest BCUT2D eigenvalue weighted by Gasteiger charge is -2.22. The summed E-state index contributed by atoms with van der Waals surface area (Å²) in [5.41, 5.74) is 2.26. The average molecular weight is 388 g/mol. The number of ether oxygens (including phenoxy) is 1. The first kappa shape index (κ1) is 17.3. The molecular weight excluding hydrogens is 370 g/mol. The lowest BCUT2D eigenvalue weighted by Crippen LogP contribution is -2.22. The fraction of sp³-hybridized carbons (Fsp3) is 0.263. The fourth-order valence-corrected chi connectivity index (χ4v) is 4.29. The van der Waals surface area contributed by atoms with E-state index in [0.29, 0.717) is 24.1 Å². The Morgan fingerprint density at radius 3 is 3.15 bits per heavy atom. The zero-order valence-electron chi connectivity index (χ0n) is 14.0. The molecule has 0 radical (unpaired) electrons. The van der Waals surface area contributed by atoms with Gasteiger partial charge in [-0.05, 0) is 35.1 Å². The summed E-state index contributed by atoms with van der Waals surface area (Å²) in [5, 5.41) is 5.64. The molecule has 1 aliphatic rings. The number of carbonyl (C=O) groups is 1. The molecule has 1 N–H and O–H groups in total. The number of rotatable bonds is 5. The van der Waals surface area contributed by atoms with Crippen LogP contribution in [0.25, 0.3) is 0 Å². The van der Waals surface area contributed by atoms with Crippen LogP contribution in [0.5, 0.6) is 0 Å². The Balaban J connectivity index is 1.43. The lowest BCUT2D eigenvalue weighted by atomic mass is 10.1. The molecule has 3 aromatic rings. The van der Waals surface area contributed by atoms with Crippen LogP contribution in [-0.2, 0) is 22.5 Å². The Hall–Kier alpha value is -2.15. The number of fused-ring (bicyclic) bond motifs is 1. The molecule has 1 amide bonds. The summed E-state index contributed by atoms with van der Waals surface area (Å²) in [6.07, 6.45) is 4.52. The highest BCUT2D eigenvalue weighted by atomic mass is 35.5. The van der Waals surface area contributed by atoms with Gasteiger partial charge in [0.25, 0.3) is 0 Å². The summed E-state index contributed by atoms with van der Waals surface area (Å²) < 4.78 is 7.67. The number of benzene rings is 1. The van der Waals surface area contributed by atoms with Crippen LogP contribution < -0.4 is 5.32 Å². The van der Waals surface area contributed by atoms with Crippen molar-refractivity contribution in [1.29, 1.82) is 0 Å². The lowest BCUT2D eigenvalue weighted by molar-refractivity contribution is -0.119. The summed E-state index contributed by atoms with van der Waals surface area (Å²) in [6.45, 7) is 1.20. The van der Waals surface area contributed by atoms with Gasteiger partial charge in [0, 0.05) is 22.3 Å². The van der Waals surface area contributed by atoms with E-state index >= 15 is 0 Å². The quantitative estimate of drug-likeness (QED) is 0.710. The van der Waals surface area contributed by atoms with Crippen molar-refractivity contribution in [3.63, 3.8) is 0 Å². The second-order valence-electron chi connectivity index (χ2n) is 6.14. The number of thiophene rings is 1. The number of amides is 1. The van der Waals surface area contributed by atoms with Gasteiger partial charge in [0.1, 0.15) is 6.10 Å². The number of hydrogen-bond donors (Lipinski definition) is 1. The number of hydrogen-bond acceptors (Lipinski definition) is 4. The van der Waals surface area contributed by atoms with Crippen molar-refractivity contribution in [2.75, 3.05) is 11.9 Å². The zero-order valence-corrected chi connectivity index (χ0v) is 15.6. The second-order valence-corrected chi connectivity index (χ2v) is 7.50. The van der Waals surface area contributed by atoms with Gasteiger partial charge < -0.3 is 9.30 Å². The first-order valence-corrected chi connectivity index (χ1v) is 9.69. The minimum atomic E-state index is -0.175. The topological polar surface area (TPSA) is 56.1 Å². The molecule has 5 nitrogen and oxygen atoms in total. The van der Waals surface area contributed by atoms with Crippen molar-refractivity contribution in [3.8, 4) is 0 Å². The van der Waals surface area contributed by atoms with Gasteiger partial charge in [0.15, 0.2) is 0 Å². The van der Waals surface area contributed by atoms with E-state index in [-0.39, 0.29) is 18.4 Å². The Kier molecular flexibility index (Phi) is 5.06. The Morgan fingerprint density at radius 2 is 2.27 bits per heavy atom. The van der Waals surface area contributed by atoms with Crippen LogP contribution in [0.1, 0.15) is 28.5 Å². The van der Waals surface area contributed by atoms with Crippen LogP contribution in [0.3, 0.4) is 0 Å². The van der Waals surface area contributed by atoms with Crippen LogP contribution in [0.15, 0.2) is 48.1 Å². The minimum Gasteiger partial charge on any atom is -0.372 e. The van der Waals surface area contributed by atoms with E-state index in [0.717, 1.165) is 16.9 Å². The minimum absolute atomic E-state index is 0.108. The number of anilines is 1. The number of nitrogens with one attached hydrogen (secondary N) is 1. The summed E-state index contributed by atoms with van der Waals surface area (Å²) in [4.78, 5) is 17.9. The molecular formula is C19H18ClN3O2S. The number of nitrogens with zero attached hydrogens (tertiary/aromatic N) is 2. The van der Waals surface area contributed by atoms with E-state index in [1.807, 2.05) is 35.0 Å². The van der Waals surface area contributed by atoms with Gasteiger partial charge in [0.05, 0.1) is 19.6 Å². The van der Waals surface area contributed by atoms with Gasteiger partial charge >= 0.3 is 0 Å². The van der Waals surface area contributed by atoms with E-state index in [1.165, 1.54) is 5.56 Å². The normalized spacial score (nSPS) is 16.3. The highest BCUT2D eigenvalue weighted by molar-refractivity contribution is 7.10. The summed E-state index contributed by atoms with van der Waals surface area (Å²) in [6, 6.07) is 9.76. The van der Waals surface area contributed by atoms with Gasteiger partial charge in [-0.1, -0.05) is 29.8 Å². The third-order valence-electron chi connectivity index (χ3n) is 4.40. The molecule has 0 saturated carbocycles. The fourth-order valence-electron chi connectivity index (χ4n) is 3.09. The molecule has 4 rings (SSSR count). The Morgan fingerprint density at radius 1 is 1.38 bits per heavy atom.